The average molecular weight is 626 g/mol. The van der Waals surface area contributed by atoms with Gasteiger partial charge in [0.1, 0.15) is 23.5 Å². The monoisotopic (exact) mass is 625 g/mol. The SMILES string of the molecule is CC(=O)N(CCCNC(=O)[C@H](C)N(C(=O)O)C(C)(C)C)[C@@H](c1nc(-c2cc(F)ccc2F)cn1Cc1ccccc1)C(C)(C)C. The lowest BCUT2D eigenvalue weighted by Gasteiger charge is -2.39. The second-order valence-electron chi connectivity index (χ2n) is 13.3. The van der Waals surface area contributed by atoms with Crippen molar-refractivity contribution in [1.29, 1.82) is 0 Å². The van der Waals surface area contributed by atoms with Crippen LogP contribution in [-0.4, -0.2) is 67.0 Å². The van der Waals surface area contributed by atoms with Crippen LogP contribution in [0.2, 0.25) is 0 Å². The summed E-state index contributed by atoms with van der Waals surface area (Å²) in [6.45, 7) is 15.0. The van der Waals surface area contributed by atoms with E-state index in [0.717, 1.165) is 28.7 Å². The lowest BCUT2D eigenvalue weighted by atomic mass is 9.84. The van der Waals surface area contributed by atoms with Crippen LogP contribution in [0.5, 0.6) is 0 Å². The van der Waals surface area contributed by atoms with Crippen molar-refractivity contribution >= 4 is 17.9 Å². The fraction of sp³-hybridized carbons (Fsp3) is 0.471. The summed E-state index contributed by atoms with van der Waals surface area (Å²) in [5.74, 6) is -1.34. The maximum atomic E-state index is 14.9. The predicted molar refractivity (Wildman–Crippen MR) is 169 cm³/mol. The Morgan fingerprint density at radius 2 is 1.67 bits per heavy atom. The van der Waals surface area contributed by atoms with E-state index in [0.29, 0.717) is 18.8 Å². The van der Waals surface area contributed by atoms with Crippen LogP contribution in [0.15, 0.2) is 54.7 Å². The van der Waals surface area contributed by atoms with E-state index in [1.54, 1.807) is 31.9 Å². The number of carbonyl (C=O) groups is 3. The van der Waals surface area contributed by atoms with Crippen LogP contribution in [0, 0.1) is 17.0 Å². The van der Waals surface area contributed by atoms with Gasteiger partial charge < -0.3 is 19.9 Å². The average Bonchev–Trinajstić information content (AvgIpc) is 3.32. The van der Waals surface area contributed by atoms with E-state index in [-0.39, 0.29) is 30.3 Å². The first-order valence-electron chi connectivity index (χ1n) is 15.1. The minimum atomic E-state index is -1.19. The van der Waals surface area contributed by atoms with E-state index >= 15 is 0 Å². The van der Waals surface area contributed by atoms with Crippen molar-refractivity contribution in [3.8, 4) is 11.3 Å². The molecule has 3 aromatic rings. The summed E-state index contributed by atoms with van der Waals surface area (Å²) < 4.78 is 30.9. The molecule has 0 saturated heterocycles. The summed E-state index contributed by atoms with van der Waals surface area (Å²) in [4.78, 5) is 45.5. The third kappa shape index (κ3) is 8.89. The van der Waals surface area contributed by atoms with Gasteiger partial charge in [0.2, 0.25) is 11.8 Å². The molecule has 0 saturated carbocycles. The Balaban J connectivity index is 1.93. The molecule has 244 valence electrons. The Bertz CT molecular complexity index is 1490. The second kappa shape index (κ2) is 14.2. The van der Waals surface area contributed by atoms with E-state index in [4.69, 9.17) is 4.98 Å². The van der Waals surface area contributed by atoms with Crippen LogP contribution in [0.4, 0.5) is 13.6 Å². The van der Waals surface area contributed by atoms with Gasteiger partial charge in [-0.1, -0.05) is 51.1 Å². The second-order valence-corrected chi connectivity index (χ2v) is 13.3. The minimum absolute atomic E-state index is 0.0209. The Hall–Kier alpha value is -4.28. The predicted octanol–water partition coefficient (Wildman–Crippen LogP) is 6.49. The van der Waals surface area contributed by atoms with Crippen molar-refractivity contribution in [3.05, 3.63) is 77.8 Å². The molecular weight excluding hydrogens is 580 g/mol. The topological polar surface area (TPSA) is 108 Å². The van der Waals surface area contributed by atoms with Crippen molar-refractivity contribution in [2.45, 2.75) is 86.0 Å². The van der Waals surface area contributed by atoms with Gasteiger partial charge in [-0.15, -0.1) is 0 Å². The quantitative estimate of drug-likeness (QED) is 0.237. The Labute approximate surface area is 264 Å². The summed E-state index contributed by atoms with van der Waals surface area (Å²) in [6, 6.07) is 11.4. The number of carbonyl (C=O) groups excluding carboxylic acids is 2. The van der Waals surface area contributed by atoms with Crippen molar-refractivity contribution in [1.82, 2.24) is 24.7 Å². The molecule has 45 heavy (non-hydrogen) atoms. The van der Waals surface area contributed by atoms with Gasteiger partial charge in [-0.05, 0) is 63.3 Å². The smallest absolute Gasteiger partial charge is 0.408 e. The van der Waals surface area contributed by atoms with E-state index in [1.807, 2.05) is 55.7 Å². The molecule has 0 bridgehead atoms. The van der Waals surface area contributed by atoms with E-state index < -0.39 is 46.7 Å². The third-order valence-corrected chi connectivity index (χ3v) is 7.56. The van der Waals surface area contributed by atoms with Gasteiger partial charge in [0, 0.05) is 43.9 Å². The van der Waals surface area contributed by atoms with Crippen LogP contribution < -0.4 is 5.32 Å². The molecular formula is C34H45F2N5O4. The minimum Gasteiger partial charge on any atom is -0.465 e. The van der Waals surface area contributed by atoms with E-state index in [2.05, 4.69) is 5.32 Å². The molecule has 11 heteroatoms. The van der Waals surface area contributed by atoms with Gasteiger partial charge in [0.15, 0.2) is 0 Å². The molecule has 2 atom stereocenters. The fourth-order valence-corrected chi connectivity index (χ4v) is 5.60. The number of imidazole rings is 1. The summed E-state index contributed by atoms with van der Waals surface area (Å²) in [5.41, 5.74) is -0.0724. The zero-order chi connectivity index (χ0) is 33.7. The Morgan fingerprint density at radius 3 is 2.22 bits per heavy atom. The number of benzene rings is 2. The maximum Gasteiger partial charge on any atom is 0.408 e. The number of nitrogens with one attached hydrogen (secondary N) is 1. The maximum absolute atomic E-state index is 14.9. The number of hydrogen-bond donors (Lipinski definition) is 2. The summed E-state index contributed by atoms with van der Waals surface area (Å²) in [5, 5.41) is 12.5. The number of rotatable bonds is 11. The number of aromatic nitrogens is 2. The molecule has 0 aliphatic rings. The molecule has 0 fully saturated rings. The first kappa shape index (κ1) is 35.2. The molecule has 2 aromatic carbocycles. The van der Waals surface area contributed by atoms with Gasteiger partial charge in [-0.3, -0.25) is 14.5 Å². The van der Waals surface area contributed by atoms with Crippen molar-refractivity contribution in [2.75, 3.05) is 13.1 Å². The molecule has 0 radical (unpaired) electrons. The molecule has 2 N–H and O–H groups in total. The molecule has 9 nitrogen and oxygen atoms in total. The fourth-order valence-electron chi connectivity index (χ4n) is 5.60. The van der Waals surface area contributed by atoms with E-state index in [1.165, 1.54) is 13.8 Å². The van der Waals surface area contributed by atoms with Crippen molar-refractivity contribution in [2.24, 2.45) is 5.41 Å². The Morgan fingerprint density at radius 1 is 1.02 bits per heavy atom. The van der Waals surface area contributed by atoms with Gasteiger partial charge in [-0.25, -0.2) is 18.6 Å². The van der Waals surface area contributed by atoms with Gasteiger partial charge >= 0.3 is 6.09 Å². The first-order valence-corrected chi connectivity index (χ1v) is 15.1. The van der Waals surface area contributed by atoms with Crippen molar-refractivity contribution in [3.63, 3.8) is 0 Å². The Kier molecular flexibility index (Phi) is 11.1. The first-order chi connectivity index (χ1) is 20.9. The molecule has 1 aromatic heterocycles. The zero-order valence-corrected chi connectivity index (χ0v) is 27.4. The third-order valence-electron chi connectivity index (χ3n) is 7.56. The van der Waals surface area contributed by atoms with E-state index in [9.17, 15) is 28.3 Å². The normalized spacial score (nSPS) is 13.2. The largest absolute Gasteiger partial charge is 0.465 e. The highest BCUT2D eigenvalue weighted by Gasteiger charge is 2.38. The summed E-state index contributed by atoms with van der Waals surface area (Å²) >= 11 is 0. The number of hydrogen-bond acceptors (Lipinski definition) is 4. The molecule has 3 rings (SSSR count). The number of nitrogens with zero attached hydrogens (tertiary/aromatic N) is 4. The standard InChI is InChI=1S/C34H45F2N5O4/c1-22(41(32(44)45)34(6,7)8)31(43)37-17-12-18-40(23(2)42)29(33(3,4)5)30-38-28(26-19-25(35)15-16-27(26)36)21-39(30)20-24-13-10-9-11-14-24/h9-11,13-16,19,21-22,29H,12,17-18,20H2,1-8H3,(H,37,43)(H,44,45)/t22-,29-/m0/s1. The number of halogens is 2. The highest BCUT2D eigenvalue weighted by atomic mass is 19.1. The van der Waals surface area contributed by atoms with Crippen LogP contribution in [-0.2, 0) is 16.1 Å². The van der Waals surface area contributed by atoms with Crippen LogP contribution in [0.3, 0.4) is 0 Å². The number of carboxylic acid groups (broad SMARTS) is 1. The lowest BCUT2D eigenvalue weighted by Crippen LogP contribution is -2.55. The van der Waals surface area contributed by atoms with Crippen molar-refractivity contribution < 1.29 is 28.3 Å². The van der Waals surface area contributed by atoms with Gasteiger partial charge in [-0.2, -0.15) is 0 Å². The van der Waals surface area contributed by atoms with Gasteiger partial charge in [0.25, 0.3) is 0 Å². The van der Waals surface area contributed by atoms with Crippen LogP contribution in [0.25, 0.3) is 11.3 Å². The molecule has 1 heterocycles. The molecule has 3 amide bonds. The molecule has 0 aliphatic carbocycles. The molecule has 0 aliphatic heterocycles. The molecule has 0 unspecified atom stereocenters. The van der Waals surface area contributed by atoms with Crippen LogP contribution >= 0.6 is 0 Å². The highest BCUT2D eigenvalue weighted by Crippen LogP contribution is 2.39. The highest BCUT2D eigenvalue weighted by molar-refractivity contribution is 5.85. The lowest BCUT2D eigenvalue weighted by molar-refractivity contribution is -0.134. The van der Waals surface area contributed by atoms with Gasteiger partial charge in [0.05, 0.1) is 11.7 Å². The number of amides is 3. The summed E-state index contributed by atoms with van der Waals surface area (Å²) in [7, 11) is 0. The zero-order valence-electron chi connectivity index (χ0n) is 27.4. The summed E-state index contributed by atoms with van der Waals surface area (Å²) in [6.07, 6.45) is 0.879. The molecule has 0 spiro atoms. The van der Waals surface area contributed by atoms with Crippen LogP contribution in [0.1, 0.15) is 79.2 Å².